The Hall–Kier alpha value is -2.18. The van der Waals surface area contributed by atoms with Crippen LogP contribution in [0.3, 0.4) is 0 Å². The molecule has 25 heavy (non-hydrogen) atoms. The molecular weight excluding hydrogens is 336 g/mol. The Balaban J connectivity index is 2.09. The van der Waals surface area contributed by atoms with Gasteiger partial charge in [-0.25, -0.2) is 0 Å². The molecule has 0 unspecified atom stereocenters. The second-order valence-corrected chi connectivity index (χ2v) is 7.70. The Morgan fingerprint density at radius 2 is 1.72 bits per heavy atom. The van der Waals surface area contributed by atoms with Gasteiger partial charge in [0.05, 0.1) is 18.1 Å². The first-order valence-corrected chi connectivity index (χ1v) is 9.72. The summed E-state index contributed by atoms with van der Waals surface area (Å²) in [4.78, 5) is 2.23. The minimum atomic E-state index is -3.80. The fraction of sp³-hybridized carbons (Fsp3) is 0.316. The highest BCUT2D eigenvalue weighted by Crippen LogP contribution is 2.21. The van der Waals surface area contributed by atoms with Crippen molar-refractivity contribution in [2.75, 3.05) is 26.3 Å². The molecule has 0 aromatic heterocycles. The first-order chi connectivity index (χ1) is 12.0. The molecule has 0 atom stereocenters. The lowest BCUT2D eigenvalue weighted by molar-refractivity contribution is 0.0683. The number of rotatable bonds is 3. The number of ether oxygens (including phenoxy) is 1. The molecule has 132 valence electrons. The van der Waals surface area contributed by atoms with Crippen LogP contribution in [0.15, 0.2) is 57.8 Å². The second-order valence-electron chi connectivity index (χ2n) is 6.12. The Morgan fingerprint density at radius 1 is 1.04 bits per heavy atom. The normalized spacial score (nSPS) is 16.1. The molecule has 1 fully saturated rings. The molecule has 0 bridgehead atoms. The van der Waals surface area contributed by atoms with E-state index < -0.39 is 10.0 Å². The van der Waals surface area contributed by atoms with Gasteiger partial charge in [0.15, 0.2) is 0 Å². The van der Waals surface area contributed by atoms with Crippen molar-refractivity contribution >= 4 is 15.9 Å². The Kier molecular flexibility index (Phi) is 5.20. The van der Waals surface area contributed by atoms with Crippen LogP contribution in [0, 0.1) is 13.8 Å². The molecule has 2 aromatic rings. The molecule has 1 saturated heterocycles. The van der Waals surface area contributed by atoms with Crippen molar-refractivity contribution in [1.29, 1.82) is 0 Å². The molecule has 0 saturated carbocycles. The van der Waals surface area contributed by atoms with E-state index in [1.54, 1.807) is 13.0 Å². The van der Waals surface area contributed by atoms with Crippen molar-refractivity contribution in [2.45, 2.75) is 18.7 Å². The largest absolute Gasteiger partial charge is 0.378 e. The summed E-state index contributed by atoms with van der Waals surface area (Å²) in [6.45, 7) is 6.04. The molecular formula is C19H22N2O3S. The molecule has 0 spiro atoms. The van der Waals surface area contributed by atoms with Gasteiger partial charge < -0.3 is 9.64 Å². The number of aryl methyl sites for hydroxylation is 2. The van der Waals surface area contributed by atoms with E-state index in [9.17, 15) is 8.42 Å². The van der Waals surface area contributed by atoms with E-state index in [1.165, 1.54) is 0 Å². The number of benzene rings is 2. The van der Waals surface area contributed by atoms with E-state index in [-0.39, 0.29) is 4.90 Å². The topological polar surface area (TPSA) is 59.0 Å². The van der Waals surface area contributed by atoms with Gasteiger partial charge in [-0.05, 0) is 31.0 Å². The number of hydrogen-bond donors (Lipinski definition) is 0. The fourth-order valence-electron chi connectivity index (χ4n) is 2.80. The Labute approximate surface area is 149 Å². The zero-order valence-corrected chi connectivity index (χ0v) is 15.3. The fourth-order valence-corrected chi connectivity index (χ4v) is 4.16. The van der Waals surface area contributed by atoms with Gasteiger partial charge in [0, 0.05) is 18.7 Å². The van der Waals surface area contributed by atoms with Crippen molar-refractivity contribution in [3.63, 3.8) is 0 Å². The zero-order chi connectivity index (χ0) is 17.9. The van der Waals surface area contributed by atoms with Crippen LogP contribution in [0.1, 0.15) is 16.7 Å². The maximum absolute atomic E-state index is 13.0. The van der Waals surface area contributed by atoms with Gasteiger partial charge in [-0.2, -0.15) is 8.42 Å². The Morgan fingerprint density at radius 3 is 2.40 bits per heavy atom. The number of hydrogen-bond acceptors (Lipinski definition) is 3. The van der Waals surface area contributed by atoms with E-state index in [1.807, 2.05) is 54.3 Å². The van der Waals surface area contributed by atoms with Gasteiger partial charge in [-0.15, -0.1) is 4.40 Å². The van der Waals surface area contributed by atoms with Crippen LogP contribution in [0.5, 0.6) is 0 Å². The molecule has 3 rings (SSSR count). The molecule has 0 radical (unpaired) electrons. The smallest absolute Gasteiger partial charge is 0.284 e. The highest BCUT2D eigenvalue weighted by Gasteiger charge is 2.22. The van der Waals surface area contributed by atoms with E-state index in [4.69, 9.17) is 4.74 Å². The van der Waals surface area contributed by atoms with Gasteiger partial charge in [0.2, 0.25) is 0 Å². The Bertz CT molecular complexity index is 871. The first kappa shape index (κ1) is 17.6. The molecule has 1 aliphatic rings. The monoisotopic (exact) mass is 358 g/mol. The summed E-state index contributed by atoms with van der Waals surface area (Å²) in [6, 6.07) is 14.8. The number of nitrogens with zero attached hydrogens (tertiary/aromatic N) is 2. The summed E-state index contributed by atoms with van der Waals surface area (Å²) in [5, 5.41) is 0. The van der Waals surface area contributed by atoms with Crippen LogP contribution in [0.4, 0.5) is 0 Å². The summed E-state index contributed by atoms with van der Waals surface area (Å²) >= 11 is 0. The lowest BCUT2D eigenvalue weighted by Gasteiger charge is -2.29. The predicted molar refractivity (Wildman–Crippen MR) is 98.5 cm³/mol. The van der Waals surface area contributed by atoms with E-state index in [2.05, 4.69) is 4.40 Å². The van der Waals surface area contributed by atoms with Crippen molar-refractivity contribution < 1.29 is 13.2 Å². The maximum Gasteiger partial charge on any atom is 0.284 e. The molecule has 1 aliphatic heterocycles. The van der Waals surface area contributed by atoms with Crippen LogP contribution >= 0.6 is 0 Å². The minimum absolute atomic E-state index is 0.259. The molecule has 0 amide bonds. The van der Waals surface area contributed by atoms with E-state index >= 15 is 0 Å². The molecule has 0 N–H and O–H groups in total. The highest BCUT2D eigenvalue weighted by atomic mass is 32.2. The lowest BCUT2D eigenvalue weighted by atomic mass is 10.2. The molecule has 6 heteroatoms. The van der Waals surface area contributed by atoms with Crippen LogP contribution in [0.2, 0.25) is 0 Å². The first-order valence-electron chi connectivity index (χ1n) is 8.28. The SMILES string of the molecule is Cc1ccc(C)c(S(=O)(=O)/N=C(\c2ccccc2)N2CCOCC2)c1. The number of sulfonamides is 1. The third-order valence-corrected chi connectivity index (χ3v) is 5.58. The predicted octanol–water partition coefficient (Wildman–Crippen LogP) is 2.77. The standard InChI is InChI=1S/C19H22N2O3S/c1-15-8-9-16(2)18(14-15)25(22,23)20-19(17-6-4-3-5-7-17)21-10-12-24-13-11-21/h3-9,14H,10-13H2,1-2H3/b20-19+. The van der Waals surface area contributed by atoms with Crippen molar-refractivity contribution in [3.8, 4) is 0 Å². The summed E-state index contributed by atoms with van der Waals surface area (Å²) in [6.07, 6.45) is 0. The minimum Gasteiger partial charge on any atom is -0.378 e. The number of amidine groups is 1. The zero-order valence-electron chi connectivity index (χ0n) is 14.5. The van der Waals surface area contributed by atoms with Crippen LogP contribution in [-0.2, 0) is 14.8 Å². The summed E-state index contributed by atoms with van der Waals surface area (Å²) in [7, 11) is -3.80. The van der Waals surface area contributed by atoms with E-state index in [0.717, 1.165) is 11.1 Å². The number of morpholine rings is 1. The maximum atomic E-state index is 13.0. The summed E-state index contributed by atoms with van der Waals surface area (Å²) in [5.74, 6) is 0.477. The average Bonchev–Trinajstić information content (AvgIpc) is 2.63. The van der Waals surface area contributed by atoms with Gasteiger partial charge in [-0.1, -0.05) is 42.5 Å². The quantitative estimate of drug-likeness (QED) is 0.625. The third kappa shape index (κ3) is 4.08. The average molecular weight is 358 g/mol. The lowest BCUT2D eigenvalue weighted by Crippen LogP contribution is -2.41. The summed E-state index contributed by atoms with van der Waals surface area (Å²) in [5.41, 5.74) is 2.38. The molecule has 2 aromatic carbocycles. The molecule has 1 heterocycles. The third-order valence-electron chi connectivity index (χ3n) is 4.17. The van der Waals surface area contributed by atoms with Crippen LogP contribution < -0.4 is 0 Å². The highest BCUT2D eigenvalue weighted by molar-refractivity contribution is 7.90. The van der Waals surface area contributed by atoms with Gasteiger partial charge in [0.1, 0.15) is 5.84 Å². The molecule has 0 aliphatic carbocycles. The van der Waals surface area contributed by atoms with E-state index in [0.29, 0.717) is 37.7 Å². The summed E-state index contributed by atoms with van der Waals surface area (Å²) < 4.78 is 35.6. The van der Waals surface area contributed by atoms with Crippen molar-refractivity contribution in [3.05, 3.63) is 65.2 Å². The second kappa shape index (κ2) is 7.37. The van der Waals surface area contributed by atoms with Crippen molar-refractivity contribution in [1.82, 2.24) is 4.90 Å². The van der Waals surface area contributed by atoms with Gasteiger partial charge >= 0.3 is 0 Å². The van der Waals surface area contributed by atoms with Gasteiger partial charge in [-0.3, -0.25) is 0 Å². The van der Waals surface area contributed by atoms with Crippen LogP contribution in [-0.4, -0.2) is 45.5 Å². The van der Waals surface area contributed by atoms with Gasteiger partial charge in [0.25, 0.3) is 10.0 Å². The van der Waals surface area contributed by atoms with Crippen molar-refractivity contribution in [2.24, 2.45) is 4.40 Å². The molecule has 5 nitrogen and oxygen atoms in total. The van der Waals surface area contributed by atoms with Crippen LogP contribution in [0.25, 0.3) is 0 Å².